The lowest BCUT2D eigenvalue weighted by Crippen LogP contribution is -2.50. The van der Waals surface area contributed by atoms with E-state index in [0.29, 0.717) is 31.7 Å². The van der Waals surface area contributed by atoms with Crippen LogP contribution in [0.1, 0.15) is 31.1 Å². The molecule has 0 unspecified atom stereocenters. The zero-order valence-corrected chi connectivity index (χ0v) is 15.9. The van der Waals surface area contributed by atoms with Crippen molar-refractivity contribution in [3.63, 3.8) is 0 Å². The number of benzene rings is 1. The Morgan fingerprint density at radius 3 is 2.39 bits per heavy atom. The number of pyridine rings is 1. The Balaban J connectivity index is 1.81. The Morgan fingerprint density at radius 1 is 1.18 bits per heavy atom. The molecule has 0 spiro atoms. The predicted octanol–water partition coefficient (Wildman–Crippen LogP) is 2.42. The van der Waals surface area contributed by atoms with Gasteiger partial charge in [-0.25, -0.2) is 14.0 Å². The maximum Gasteiger partial charge on any atom is 0.410 e. The number of hydrogen-bond donors (Lipinski definition) is 2. The molecule has 2 heterocycles. The van der Waals surface area contributed by atoms with E-state index in [1.54, 1.807) is 30.6 Å². The van der Waals surface area contributed by atoms with Gasteiger partial charge in [-0.05, 0) is 32.9 Å². The number of aromatic nitrogens is 1. The van der Waals surface area contributed by atoms with E-state index in [9.17, 15) is 18.8 Å². The minimum atomic E-state index is -1.37. The number of carboxylic acids is 1. The Hall–Kier alpha value is -3.10. The number of hydrogen-bond acceptors (Lipinski definition) is 5. The summed E-state index contributed by atoms with van der Waals surface area (Å²) in [4.78, 5) is 41.5. The lowest BCUT2D eigenvalue weighted by molar-refractivity contribution is 0.0240. The van der Waals surface area contributed by atoms with Gasteiger partial charge in [0.1, 0.15) is 17.0 Å². The molecule has 0 bridgehead atoms. The number of carbonyl (C=O) groups excluding carboxylic acids is 1. The van der Waals surface area contributed by atoms with Crippen molar-refractivity contribution in [1.29, 1.82) is 0 Å². The average molecular weight is 391 g/mol. The first-order chi connectivity index (χ1) is 13.1. The van der Waals surface area contributed by atoms with E-state index in [4.69, 9.17) is 9.84 Å². The second-order valence-corrected chi connectivity index (χ2v) is 7.64. The summed E-state index contributed by atoms with van der Waals surface area (Å²) in [5.74, 6) is -1.99. The molecule has 0 atom stereocenters. The number of anilines is 1. The first kappa shape index (κ1) is 19.7. The summed E-state index contributed by atoms with van der Waals surface area (Å²) in [6.45, 7) is 6.94. The number of rotatable bonds is 2. The molecule has 1 aliphatic heterocycles. The van der Waals surface area contributed by atoms with Crippen molar-refractivity contribution in [2.24, 2.45) is 0 Å². The number of H-pyrrole nitrogens is 1. The highest BCUT2D eigenvalue weighted by molar-refractivity contribution is 5.93. The molecule has 1 saturated heterocycles. The fourth-order valence-corrected chi connectivity index (χ4v) is 3.09. The SMILES string of the molecule is CC(C)(C)OC(=O)N1CCN(c2cc3[nH]cc(C(=O)O)c(=O)c3cc2F)CC1. The number of piperazine rings is 1. The minimum absolute atomic E-state index is 0.0199. The maximum absolute atomic E-state index is 14.6. The van der Waals surface area contributed by atoms with E-state index < -0.39 is 34.5 Å². The maximum atomic E-state index is 14.6. The number of carbonyl (C=O) groups is 2. The topological polar surface area (TPSA) is 103 Å². The zero-order chi connectivity index (χ0) is 20.6. The van der Waals surface area contributed by atoms with Crippen molar-refractivity contribution in [2.45, 2.75) is 26.4 Å². The number of halogens is 1. The number of carboxylic acid groups (broad SMARTS) is 1. The van der Waals surface area contributed by atoms with E-state index in [-0.39, 0.29) is 11.1 Å². The van der Waals surface area contributed by atoms with Gasteiger partial charge >= 0.3 is 12.1 Å². The minimum Gasteiger partial charge on any atom is -0.477 e. The smallest absolute Gasteiger partial charge is 0.410 e. The van der Waals surface area contributed by atoms with Gasteiger partial charge in [0.15, 0.2) is 0 Å². The summed E-state index contributed by atoms with van der Waals surface area (Å²) < 4.78 is 20.0. The van der Waals surface area contributed by atoms with Crippen molar-refractivity contribution < 1.29 is 23.8 Å². The molecule has 2 N–H and O–H groups in total. The van der Waals surface area contributed by atoms with Gasteiger partial charge in [-0.2, -0.15) is 0 Å². The third-order valence-corrected chi connectivity index (χ3v) is 4.45. The van der Waals surface area contributed by atoms with Gasteiger partial charge in [0, 0.05) is 37.8 Å². The number of fused-ring (bicyclic) bond motifs is 1. The van der Waals surface area contributed by atoms with Crippen LogP contribution in [0.3, 0.4) is 0 Å². The highest BCUT2D eigenvalue weighted by Gasteiger charge is 2.27. The van der Waals surface area contributed by atoms with Gasteiger partial charge in [-0.15, -0.1) is 0 Å². The van der Waals surface area contributed by atoms with Crippen LogP contribution in [-0.4, -0.2) is 58.8 Å². The molecule has 0 radical (unpaired) electrons. The molecule has 28 heavy (non-hydrogen) atoms. The van der Waals surface area contributed by atoms with E-state index in [2.05, 4.69) is 4.98 Å². The standard InChI is InChI=1S/C19H22FN3O5/c1-19(2,3)28-18(27)23-6-4-22(5-7-23)15-9-14-11(8-13(15)20)16(24)12(10-21-14)17(25)26/h8-10H,4-7H2,1-3H3,(H,21,24)(H,25,26). The largest absolute Gasteiger partial charge is 0.477 e. The molecule has 1 aliphatic rings. The van der Waals surface area contributed by atoms with E-state index in [0.717, 1.165) is 12.3 Å². The fraction of sp³-hybridized carbons (Fsp3) is 0.421. The number of ether oxygens (including phenoxy) is 1. The van der Waals surface area contributed by atoms with Crippen LogP contribution in [0.2, 0.25) is 0 Å². The molecule has 1 fully saturated rings. The second kappa shape index (κ2) is 7.14. The van der Waals surface area contributed by atoms with Crippen molar-refractivity contribution in [2.75, 3.05) is 31.1 Å². The van der Waals surface area contributed by atoms with Crippen molar-refractivity contribution >= 4 is 28.7 Å². The predicted molar refractivity (Wildman–Crippen MR) is 102 cm³/mol. The summed E-state index contributed by atoms with van der Waals surface area (Å²) in [5, 5.41) is 9.01. The molecule has 150 valence electrons. The van der Waals surface area contributed by atoms with Crippen LogP contribution < -0.4 is 10.3 Å². The van der Waals surface area contributed by atoms with Crippen molar-refractivity contribution in [3.8, 4) is 0 Å². The van der Waals surface area contributed by atoms with Crippen molar-refractivity contribution in [1.82, 2.24) is 9.88 Å². The molecule has 8 nitrogen and oxygen atoms in total. The van der Waals surface area contributed by atoms with Gasteiger partial charge in [-0.3, -0.25) is 4.79 Å². The Morgan fingerprint density at radius 2 is 1.82 bits per heavy atom. The molecule has 3 rings (SSSR count). The summed E-state index contributed by atoms with van der Waals surface area (Å²) >= 11 is 0. The van der Waals surface area contributed by atoms with E-state index >= 15 is 0 Å². The lowest BCUT2D eigenvalue weighted by Gasteiger charge is -2.36. The molecule has 1 aromatic carbocycles. The van der Waals surface area contributed by atoms with Gasteiger partial charge in [-0.1, -0.05) is 0 Å². The first-order valence-corrected chi connectivity index (χ1v) is 8.88. The van der Waals surface area contributed by atoms with Crippen LogP contribution in [0.4, 0.5) is 14.9 Å². The summed E-state index contributed by atoms with van der Waals surface area (Å²) in [7, 11) is 0. The average Bonchev–Trinajstić information content (AvgIpc) is 2.60. The summed E-state index contributed by atoms with van der Waals surface area (Å²) in [6, 6.07) is 2.54. The number of nitrogens with zero attached hydrogens (tertiary/aromatic N) is 2. The zero-order valence-electron chi connectivity index (χ0n) is 15.9. The fourth-order valence-electron chi connectivity index (χ4n) is 3.09. The lowest BCUT2D eigenvalue weighted by atomic mass is 10.1. The molecule has 2 aromatic rings. The second-order valence-electron chi connectivity index (χ2n) is 7.64. The monoisotopic (exact) mass is 391 g/mol. The molecule has 1 amide bonds. The number of nitrogens with one attached hydrogen (secondary N) is 1. The normalized spacial score (nSPS) is 15.0. The molecular formula is C19H22FN3O5. The number of aromatic carboxylic acids is 1. The Labute approximate surface area is 160 Å². The van der Waals surface area contributed by atoms with Gasteiger partial charge in [0.05, 0.1) is 11.2 Å². The van der Waals surface area contributed by atoms with Gasteiger partial charge in [0.25, 0.3) is 0 Å². The van der Waals surface area contributed by atoms with Crippen LogP contribution in [0.15, 0.2) is 23.1 Å². The van der Waals surface area contributed by atoms with E-state index in [1.165, 1.54) is 6.07 Å². The third kappa shape index (κ3) is 3.92. The van der Waals surface area contributed by atoms with E-state index in [1.807, 2.05) is 0 Å². The van der Waals surface area contributed by atoms with Crippen molar-refractivity contribution in [3.05, 3.63) is 39.9 Å². The summed E-state index contributed by atoms with van der Waals surface area (Å²) in [6.07, 6.45) is 0.700. The Kier molecular flexibility index (Phi) is 5.01. The number of aromatic amines is 1. The molecular weight excluding hydrogens is 369 g/mol. The molecule has 0 aliphatic carbocycles. The van der Waals surface area contributed by atoms with Crippen LogP contribution in [0, 0.1) is 5.82 Å². The number of amides is 1. The molecule has 1 aromatic heterocycles. The van der Waals surface area contributed by atoms with Crippen LogP contribution in [0.5, 0.6) is 0 Å². The molecule has 0 saturated carbocycles. The van der Waals surface area contributed by atoms with Gasteiger partial charge < -0.3 is 24.6 Å². The summed E-state index contributed by atoms with van der Waals surface area (Å²) in [5.41, 5.74) is -1.12. The van der Waals surface area contributed by atoms with Crippen LogP contribution in [0.25, 0.3) is 10.9 Å². The Bertz CT molecular complexity index is 987. The van der Waals surface area contributed by atoms with Crippen LogP contribution >= 0.6 is 0 Å². The van der Waals surface area contributed by atoms with Gasteiger partial charge in [0.2, 0.25) is 5.43 Å². The third-order valence-electron chi connectivity index (χ3n) is 4.45. The quantitative estimate of drug-likeness (QED) is 0.815. The highest BCUT2D eigenvalue weighted by atomic mass is 19.1. The van der Waals surface area contributed by atoms with Crippen LogP contribution in [-0.2, 0) is 4.74 Å². The highest BCUT2D eigenvalue weighted by Crippen LogP contribution is 2.25. The first-order valence-electron chi connectivity index (χ1n) is 8.88. The molecule has 9 heteroatoms.